The third kappa shape index (κ3) is 2.36. The molecule has 122 valence electrons. The van der Waals surface area contributed by atoms with Crippen LogP contribution in [-0.4, -0.2) is 44.0 Å². The van der Waals surface area contributed by atoms with Crippen molar-refractivity contribution >= 4 is 17.8 Å². The highest BCUT2D eigenvalue weighted by Crippen LogP contribution is 2.43. The van der Waals surface area contributed by atoms with E-state index >= 15 is 0 Å². The Morgan fingerprint density at radius 1 is 1.09 bits per heavy atom. The maximum atomic E-state index is 12.0. The Bertz CT molecular complexity index is 711. The molecule has 2 aliphatic carbocycles. The lowest BCUT2D eigenvalue weighted by atomic mass is 9.93. The van der Waals surface area contributed by atoms with Crippen molar-refractivity contribution in [3.8, 4) is 0 Å². The summed E-state index contributed by atoms with van der Waals surface area (Å²) in [6.07, 6.45) is 7.84. The largest absolute Gasteiger partial charge is 0.380 e. The SMILES string of the molecule is O=CN1CCN(c2c(NC[C@@H]3C[C@H]4C=C[C@H]3C4)c(=O)c2=O)CC1. The Labute approximate surface area is 134 Å². The van der Waals surface area contributed by atoms with Crippen LogP contribution in [-0.2, 0) is 4.79 Å². The van der Waals surface area contributed by atoms with E-state index in [0.29, 0.717) is 55.3 Å². The van der Waals surface area contributed by atoms with Gasteiger partial charge in [0.25, 0.3) is 10.9 Å². The first-order valence-electron chi connectivity index (χ1n) is 8.37. The van der Waals surface area contributed by atoms with Gasteiger partial charge in [-0.2, -0.15) is 0 Å². The normalized spacial score (nSPS) is 29.5. The molecule has 1 aromatic rings. The van der Waals surface area contributed by atoms with Crippen molar-refractivity contribution in [2.24, 2.45) is 17.8 Å². The van der Waals surface area contributed by atoms with E-state index in [4.69, 9.17) is 0 Å². The highest BCUT2D eigenvalue weighted by molar-refractivity contribution is 5.75. The molecule has 3 atom stereocenters. The van der Waals surface area contributed by atoms with Crippen molar-refractivity contribution in [3.63, 3.8) is 0 Å². The monoisotopic (exact) mass is 315 g/mol. The molecule has 1 saturated carbocycles. The van der Waals surface area contributed by atoms with E-state index in [1.807, 2.05) is 4.90 Å². The van der Waals surface area contributed by atoms with E-state index in [1.165, 1.54) is 12.8 Å². The smallest absolute Gasteiger partial charge is 0.253 e. The van der Waals surface area contributed by atoms with E-state index in [-0.39, 0.29) is 5.43 Å². The van der Waals surface area contributed by atoms with Gasteiger partial charge < -0.3 is 15.1 Å². The number of nitrogens with zero attached hydrogens (tertiary/aromatic N) is 2. The molecule has 1 N–H and O–H groups in total. The van der Waals surface area contributed by atoms with E-state index in [9.17, 15) is 14.4 Å². The highest BCUT2D eigenvalue weighted by atomic mass is 16.2. The summed E-state index contributed by atoms with van der Waals surface area (Å²) >= 11 is 0. The molecule has 2 fully saturated rings. The Kier molecular flexibility index (Phi) is 3.47. The quantitative estimate of drug-likeness (QED) is 0.477. The van der Waals surface area contributed by atoms with Crippen LogP contribution in [0.25, 0.3) is 0 Å². The number of carbonyl (C=O) groups excluding carboxylic acids is 1. The first kappa shape index (κ1) is 14.5. The molecule has 1 aromatic carbocycles. The summed E-state index contributed by atoms with van der Waals surface area (Å²) in [7, 11) is 0. The standard InChI is InChI=1S/C17H21N3O3/c21-10-19-3-5-20(6-4-19)15-14(16(22)17(15)23)18-9-13-8-11-1-2-12(13)7-11/h1-2,10-13,18H,3-9H2/t11-,12-,13-/m0/s1. The van der Waals surface area contributed by atoms with Crippen LogP contribution >= 0.6 is 0 Å². The molecule has 3 aliphatic rings. The van der Waals surface area contributed by atoms with Crippen LogP contribution in [0.1, 0.15) is 12.8 Å². The van der Waals surface area contributed by atoms with Gasteiger partial charge in [0.1, 0.15) is 11.4 Å². The molecule has 23 heavy (non-hydrogen) atoms. The minimum atomic E-state index is -0.392. The fourth-order valence-electron chi connectivity index (χ4n) is 4.26. The second kappa shape index (κ2) is 5.51. The van der Waals surface area contributed by atoms with Crippen molar-refractivity contribution < 1.29 is 4.79 Å². The van der Waals surface area contributed by atoms with Gasteiger partial charge in [0.15, 0.2) is 0 Å². The van der Waals surface area contributed by atoms with E-state index in [0.717, 1.165) is 13.0 Å². The molecule has 0 radical (unpaired) electrons. The number of carbonyl (C=O) groups is 1. The van der Waals surface area contributed by atoms with Crippen LogP contribution in [0.4, 0.5) is 11.4 Å². The number of amides is 1. The number of rotatable bonds is 5. The van der Waals surface area contributed by atoms with Gasteiger partial charge in [0.2, 0.25) is 6.41 Å². The molecule has 6 heteroatoms. The molecule has 4 rings (SSSR count). The van der Waals surface area contributed by atoms with Gasteiger partial charge in [-0.05, 0) is 30.6 Å². The van der Waals surface area contributed by atoms with Crippen LogP contribution in [0, 0.1) is 17.8 Å². The number of fused-ring (bicyclic) bond motifs is 2. The maximum Gasteiger partial charge on any atom is 0.253 e. The lowest BCUT2D eigenvalue weighted by Gasteiger charge is -2.35. The van der Waals surface area contributed by atoms with Crippen LogP contribution in [0.5, 0.6) is 0 Å². The van der Waals surface area contributed by atoms with E-state index in [1.54, 1.807) is 4.90 Å². The minimum absolute atomic E-state index is 0.389. The predicted molar refractivity (Wildman–Crippen MR) is 88.5 cm³/mol. The summed E-state index contributed by atoms with van der Waals surface area (Å²) in [6.45, 7) is 3.17. The molecular weight excluding hydrogens is 294 g/mol. The van der Waals surface area contributed by atoms with Gasteiger partial charge in [-0.1, -0.05) is 12.2 Å². The Balaban J connectivity index is 1.42. The van der Waals surface area contributed by atoms with Gasteiger partial charge in [-0.25, -0.2) is 0 Å². The molecule has 6 nitrogen and oxygen atoms in total. The Hall–Kier alpha value is -2.11. The van der Waals surface area contributed by atoms with Crippen molar-refractivity contribution in [2.45, 2.75) is 12.8 Å². The number of allylic oxidation sites excluding steroid dienone is 2. The first-order valence-corrected chi connectivity index (χ1v) is 8.37. The van der Waals surface area contributed by atoms with Gasteiger partial charge in [-0.15, -0.1) is 0 Å². The van der Waals surface area contributed by atoms with Crippen LogP contribution in [0.15, 0.2) is 21.7 Å². The van der Waals surface area contributed by atoms with Crippen molar-refractivity contribution in [2.75, 3.05) is 42.9 Å². The molecule has 0 spiro atoms. The van der Waals surface area contributed by atoms with Crippen LogP contribution in [0.3, 0.4) is 0 Å². The zero-order chi connectivity index (χ0) is 16.0. The lowest BCUT2D eigenvalue weighted by molar-refractivity contribution is -0.118. The van der Waals surface area contributed by atoms with Crippen LogP contribution < -0.4 is 21.1 Å². The summed E-state index contributed by atoms with van der Waals surface area (Å²) < 4.78 is 0. The van der Waals surface area contributed by atoms with Crippen molar-refractivity contribution in [1.29, 1.82) is 0 Å². The molecule has 1 saturated heterocycles. The average Bonchev–Trinajstić information content (AvgIpc) is 3.21. The number of hydrogen-bond acceptors (Lipinski definition) is 5. The fourth-order valence-corrected chi connectivity index (χ4v) is 4.26. The number of nitrogens with one attached hydrogen (secondary N) is 1. The summed E-state index contributed by atoms with van der Waals surface area (Å²) in [5, 5.41) is 3.25. The van der Waals surface area contributed by atoms with E-state index in [2.05, 4.69) is 17.5 Å². The summed E-state index contributed by atoms with van der Waals surface area (Å²) in [5.74, 6) is 1.89. The van der Waals surface area contributed by atoms with Crippen molar-refractivity contribution in [1.82, 2.24) is 4.90 Å². The second-order valence-corrected chi connectivity index (χ2v) is 6.93. The number of piperazine rings is 1. The maximum absolute atomic E-state index is 12.0. The molecule has 1 heterocycles. The van der Waals surface area contributed by atoms with Gasteiger partial charge >= 0.3 is 0 Å². The Morgan fingerprint density at radius 3 is 2.48 bits per heavy atom. The van der Waals surface area contributed by atoms with Crippen molar-refractivity contribution in [3.05, 3.63) is 32.6 Å². The molecule has 0 unspecified atom stereocenters. The van der Waals surface area contributed by atoms with Gasteiger partial charge in [-0.3, -0.25) is 14.4 Å². The molecule has 1 amide bonds. The van der Waals surface area contributed by atoms with E-state index < -0.39 is 5.43 Å². The third-order valence-corrected chi connectivity index (χ3v) is 5.62. The zero-order valence-corrected chi connectivity index (χ0v) is 13.0. The summed E-state index contributed by atoms with van der Waals surface area (Å²) in [5.41, 5.74) is 0.233. The fraction of sp³-hybridized carbons (Fsp3) is 0.588. The molecule has 0 aromatic heterocycles. The lowest BCUT2D eigenvalue weighted by Crippen LogP contribution is -2.51. The number of hydrogen-bond donors (Lipinski definition) is 1. The predicted octanol–water partition coefficient (Wildman–Crippen LogP) is 0.185. The second-order valence-electron chi connectivity index (χ2n) is 6.93. The molecule has 2 bridgehead atoms. The third-order valence-electron chi connectivity index (χ3n) is 5.62. The summed E-state index contributed by atoms with van der Waals surface area (Å²) in [4.78, 5) is 38.3. The topological polar surface area (TPSA) is 69.7 Å². The zero-order valence-electron chi connectivity index (χ0n) is 13.0. The number of anilines is 2. The molecule has 1 aliphatic heterocycles. The first-order chi connectivity index (χ1) is 11.2. The Morgan fingerprint density at radius 2 is 1.87 bits per heavy atom. The summed E-state index contributed by atoms with van der Waals surface area (Å²) in [6, 6.07) is 0. The highest BCUT2D eigenvalue weighted by Gasteiger charge is 2.36. The van der Waals surface area contributed by atoms with Gasteiger partial charge in [0.05, 0.1) is 0 Å². The average molecular weight is 315 g/mol. The van der Waals surface area contributed by atoms with Crippen LogP contribution in [0.2, 0.25) is 0 Å². The van der Waals surface area contributed by atoms with Gasteiger partial charge in [0, 0.05) is 32.7 Å². The molecular formula is C17H21N3O3. The minimum Gasteiger partial charge on any atom is -0.380 e.